The van der Waals surface area contributed by atoms with Crippen molar-refractivity contribution in [3.8, 4) is 0 Å². The Balaban J connectivity index is 2.15. The van der Waals surface area contributed by atoms with Crippen molar-refractivity contribution in [2.24, 2.45) is 11.7 Å². The molecule has 8 N–H and O–H groups in total. The topological polar surface area (TPSA) is 208 Å². The second-order valence-corrected chi connectivity index (χ2v) is 8.17. The number of aliphatic carboxylic acids is 1. The Hall–Kier alpha value is -3.74. The molecule has 0 aliphatic rings. The Kier molecular flexibility index (Phi) is 9.74. The fourth-order valence-electron chi connectivity index (χ4n) is 3.15. The zero-order valence-electron chi connectivity index (χ0n) is 19.4. The Morgan fingerprint density at radius 1 is 0.941 bits per heavy atom. The van der Waals surface area contributed by atoms with Gasteiger partial charge in [0.2, 0.25) is 17.7 Å². The van der Waals surface area contributed by atoms with Crippen molar-refractivity contribution >= 4 is 23.7 Å². The van der Waals surface area contributed by atoms with E-state index < -0.39 is 47.9 Å². The summed E-state index contributed by atoms with van der Waals surface area (Å²) in [6, 6.07) is -4.13. The van der Waals surface area contributed by atoms with Crippen LogP contribution in [0.2, 0.25) is 0 Å². The van der Waals surface area contributed by atoms with Gasteiger partial charge in [0.25, 0.3) is 0 Å². The fourth-order valence-corrected chi connectivity index (χ4v) is 3.15. The van der Waals surface area contributed by atoms with Gasteiger partial charge in [-0.3, -0.25) is 19.2 Å². The second-order valence-electron chi connectivity index (χ2n) is 8.17. The second kappa shape index (κ2) is 12.5. The molecule has 0 saturated carbocycles. The molecule has 13 heteroatoms. The lowest BCUT2D eigenvalue weighted by molar-refractivity contribution is -0.142. The molecule has 34 heavy (non-hydrogen) atoms. The quantitative estimate of drug-likeness (QED) is 0.187. The van der Waals surface area contributed by atoms with Gasteiger partial charge in [0.1, 0.15) is 18.1 Å². The van der Waals surface area contributed by atoms with Crippen LogP contribution in [0, 0.1) is 5.92 Å². The maximum absolute atomic E-state index is 13.2. The van der Waals surface area contributed by atoms with Crippen molar-refractivity contribution in [3.05, 3.63) is 36.4 Å². The molecule has 0 aliphatic heterocycles. The van der Waals surface area contributed by atoms with E-state index in [0.717, 1.165) is 0 Å². The van der Waals surface area contributed by atoms with E-state index in [0.29, 0.717) is 17.8 Å². The lowest BCUT2D eigenvalue weighted by Gasteiger charge is -2.27. The van der Waals surface area contributed by atoms with Crippen LogP contribution in [-0.4, -0.2) is 72.9 Å². The number of amides is 3. The van der Waals surface area contributed by atoms with Gasteiger partial charge < -0.3 is 36.8 Å². The molecule has 0 spiro atoms. The zero-order valence-corrected chi connectivity index (χ0v) is 19.4. The van der Waals surface area contributed by atoms with Crippen molar-refractivity contribution < 1.29 is 24.3 Å². The highest BCUT2D eigenvalue weighted by Crippen LogP contribution is 2.10. The largest absolute Gasteiger partial charge is 0.480 e. The third kappa shape index (κ3) is 7.69. The van der Waals surface area contributed by atoms with Gasteiger partial charge >= 0.3 is 5.97 Å². The number of nitrogens with one attached hydrogen (secondary N) is 5. The molecule has 2 heterocycles. The molecule has 0 bridgehead atoms. The summed E-state index contributed by atoms with van der Waals surface area (Å²) in [4.78, 5) is 63.3. The lowest BCUT2D eigenvalue weighted by atomic mass is 9.97. The number of carboxylic acids is 1. The van der Waals surface area contributed by atoms with E-state index in [1.54, 1.807) is 13.1 Å². The van der Waals surface area contributed by atoms with Gasteiger partial charge in [-0.1, -0.05) is 20.3 Å². The summed E-state index contributed by atoms with van der Waals surface area (Å²) in [5.41, 5.74) is 7.26. The van der Waals surface area contributed by atoms with Gasteiger partial charge in [-0.15, -0.1) is 0 Å². The van der Waals surface area contributed by atoms with Crippen molar-refractivity contribution in [1.82, 2.24) is 35.9 Å². The van der Waals surface area contributed by atoms with E-state index in [9.17, 15) is 19.2 Å². The van der Waals surface area contributed by atoms with Crippen LogP contribution < -0.4 is 21.7 Å². The molecule has 5 unspecified atom stereocenters. The Morgan fingerprint density at radius 2 is 1.53 bits per heavy atom. The number of hydrogen-bond donors (Lipinski definition) is 7. The van der Waals surface area contributed by atoms with Gasteiger partial charge in [0.15, 0.2) is 0 Å². The highest BCUT2D eigenvalue weighted by atomic mass is 16.4. The van der Waals surface area contributed by atoms with Crippen LogP contribution in [0.25, 0.3) is 0 Å². The maximum Gasteiger partial charge on any atom is 0.325 e. The van der Waals surface area contributed by atoms with Crippen molar-refractivity contribution in [2.45, 2.75) is 64.2 Å². The standard InChI is InChI=1S/C21H32N8O5/c1-4-11(2)17(20(32)27-12(3)21(33)34)29-19(31)16(6-14-8-24-10-26-14)28-18(30)15(22)5-13-7-23-9-25-13/h7-12,15-17H,4-6,22H2,1-3H3,(H,23,25)(H,24,26)(H,27,32)(H,28,30)(H,29,31)(H,33,34). The summed E-state index contributed by atoms with van der Waals surface area (Å²) in [6.45, 7) is 4.94. The Morgan fingerprint density at radius 3 is 2.03 bits per heavy atom. The molecular formula is C21H32N8O5. The average molecular weight is 477 g/mol. The van der Waals surface area contributed by atoms with Crippen LogP contribution in [0.15, 0.2) is 25.0 Å². The number of carbonyl (C=O) groups excluding carboxylic acids is 3. The van der Waals surface area contributed by atoms with Crippen LogP contribution in [0.5, 0.6) is 0 Å². The monoisotopic (exact) mass is 476 g/mol. The highest BCUT2D eigenvalue weighted by Gasteiger charge is 2.32. The predicted octanol–water partition coefficient (Wildman–Crippen LogP) is -1.15. The third-order valence-corrected chi connectivity index (χ3v) is 5.47. The molecule has 0 saturated heterocycles. The first-order chi connectivity index (χ1) is 16.1. The molecule has 2 rings (SSSR count). The minimum Gasteiger partial charge on any atom is -0.480 e. The van der Waals surface area contributed by atoms with Crippen molar-refractivity contribution in [1.29, 1.82) is 0 Å². The minimum atomic E-state index is -1.20. The molecule has 0 aliphatic carbocycles. The number of H-pyrrole nitrogens is 2. The van der Waals surface area contributed by atoms with Gasteiger partial charge in [0, 0.05) is 36.6 Å². The summed E-state index contributed by atoms with van der Waals surface area (Å²) in [5, 5.41) is 16.8. The smallest absolute Gasteiger partial charge is 0.325 e. The molecule has 0 fully saturated rings. The van der Waals surface area contributed by atoms with Crippen LogP contribution >= 0.6 is 0 Å². The van der Waals surface area contributed by atoms with Gasteiger partial charge in [-0.05, 0) is 12.8 Å². The summed E-state index contributed by atoms with van der Waals surface area (Å²) in [7, 11) is 0. The minimum absolute atomic E-state index is 0.0781. The number of rotatable bonds is 13. The Bertz CT molecular complexity index is 947. The predicted molar refractivity (Wildman–Crippen MR) is 121 cm³/mol. The number of nitrogens with two attached hydrogens (primary N) is 1. The van der Waals surface area contributed by atoms with E-state index in [1.807, 2.05) is 6.92 Å². The van der Waals surface area contributed by atoms with Gasteiger partial charge in [0.05, 0.1) is 18.7 Å². The molecule has 3 amide bonds. The lowest BCUT2D eigenvalue weighted by Crippen LogP contribution is -2.59. The molecule has 2 aromatic heterocycles. The highest BCUT2D eigenvalue weighted by molar-refractivity contribution is 5.94. The van der Waals surface area contributed by atoms with E-state index in [2.05, 4.69) is 35.9 Å². The summed E-state index contributed by atoms with van der Waals surface area (Å²) < 4.78 is 0. The maximum atomic E-state index is 13.2. The number of hydrogen-bond acceptors (Lipinski definition) is 7. The number of aromatic nitrogens is 4. The molecule has 2 aromatic rings. The van der Waals surface area contributed by atoms with Crippen molar-refractivity contribution in [2.75, 3.05) is 0 Å². The summed E-state index contributed by atoms with van der Waals surface area (Å²) >= 11 is 0. The molecule has 0 radical (unpaired) electrons. The number of carboxylic acid groups (broad SMARTS) is 1. The SMILES string of the molecule is CCC(C)C(NC(=O)C(Cc1cnc[nH]1)NC(=O)C(N)Cc1cnc[nH]1)C(=O)NC(C)C(=O)O. The number of nitrogens with zero attached hydrogens (tertiary/aromatic N) is 2. The van der Waals surface area contributed by atoms with Gasteiger partial charge in [-0.2, -0.15) is 0 Å². The first-order valence-electron chi connectivity index (χ1n) is 11.0. The average Bonchev–Trinajstić information content (AvgIpc) is 3.50. The zero-order chi connectivity index (χ0) is 25.3. The summed E-state index contributed by atoms with van der Waals surface area (Å²) in [5.74, 6) is -3.28. The number of carbonyl (C=O) groups is 4. The van der Waals surface area contributed by atoms with Crippen LogP contribution in [0.1, 0.15) is 38.6 Å². The van der Waals surface area contributed by atoms with Crippen LogP contribution in [0.4, 0.5) is 0 Å². The molecule has 13 nitrogen and oxygen atoms in total. The van der Waals surface area contributed by atoms with Crippen molar-refractivity contribution in [3.63, 3.8) is 0 Å². The van der Waals surface area contributed by atoms with Crippen LogP contribution in [-0.2, 0) is 32.0 Å². The third-order valence-electron chi connectivity index (χ3n) is 5.47. The van der Waals surface area contributed by atoms with E-state index in [1.165, 1.54) is 25.8 Å². The molecular weight excluding hydrogens is 444 g/mol. The number of aromatic amines is 2. The normalized spacial score (nSPS) is 15.4. The first-order valence-corrected chi connectivity index (χ1v) is 11.0. The summed E-state index contributed by atoms with van der Waals surface area (Å²) in [6.07, 6.45) is 6.80. The van der Waals surface area contributed by atoms with Gasteiger partial charge in [-0.25, -0.2) is 9.97 Å². The van der Waals surface area contributed by atoms with E-state index in [-0.39, 0.29) is 18.8 Å². The van der Waals surface area contributed by atoms with Crippen LogP contribution in [0.3, 0.4) is 0 Å². The molecule has 0 aromatic carbocycles. The fraction of sp³-hybridized carbons (Fsp3) is 0.524. The molecule has 5 atom stereocenters. The first kappa shape index (κ1) is 26.5. The Labute approximate surface area is 196 Å². The van der Waals surface area contributed by atoms with E-state index in [4.69, 9.17) is 10.8 Å². The van der Waals surface area contributed by atoms with E-state index >= 15 is 0 Å². The number of imidazole rings is 2. The molecule has 186 valence electrons.